The SMILES string of the molecule is C[C@]12CCCCC1CC[C@@H]1[C@@H]2CC[C@]2(C)C(=O)CC[C@@H]12.O=C(O)/C=C/C(=O)O. The van der Waals surface area contributed by atoms with E-state index in [2.05, 4.69) is 13.8 Å². The van der Waals surface area contributed by atoms with Gasteiger partial charge >= 0.3 is 11.9 Å². The van der Waals surface area contributed by atoms with E-state index in [1.165, 1.54) is 57.8 Å². The third-order valence-electron chi connectivity index (χ3n) is 8.66. The minimum atomic E-state index is -1.26. The highest BCUT2D eigenvalue weighted by Gasteiger charge is 2.59. The van der Waals surface area contributed by atoms with Crippen molar-refractivity contribution in [3.8, 4) is 0 Å². The molecule has 28 heavy (non-hydrogen) atoms. The molecule has 0 amide bonds. The van der Waals surface area contributed by atoms with Crippen LogP contribution in [0.4, 0.5) is 0 Å². The molecule has 0 radical (unpaired) electrons. The molecule has 5 heteroatoms. The van der Waals surface area contributed by atoms with Gasteiger partial charge in [0.1, 0.15) is 5.78 Å². The van der Waals surface area contributed by atoms with Gasteiger partial charge in [0.15, 0.2) is 0 Å². The number of hydrogen-bond donors (Lipinski definition) is 2. The Morgan fingerprint density at radius 2 is 1.57 bits per heavy atom. The lowest BCUT2D eigenvalue weighted by Crippen LogP contribution is -2.52. The minimum Gasteiger partial charge on any atom is -0.478 e. The Balaban J connectivity index is 0.000000242. The molecule has 4 aliphatic rings. The second kappa shape index (κ2) is 8.00. The Hall–Kier alpha value is -1.65. The lowest BCUT2D eigenvalue weighted by Gasteiger charge is -2.59. The van der Waals surface area contributed by atoms with E-state index in [4.69, 9.17) is 10.2 Å². The lowest BCUT2D eigenvalue weighted by atomic mass is 9.45. The van der Waals surface area contributed by atoms with Gasteiger partial charge in [0.2, 0.25) is 0 Å². The van der Waals surface area contributed by atoms with E-state index in [0.717, 1.165) is 30.1 Å². The van der Waals surface area contributed by atoms with Gasteiger partial charge in [-0.3, -0.25) is 4.79 Å². The van der Waals surface area contributed by atoms with Crippen LogP contribution in [0, 0.1) is 34.5 Å². The summed E-state index contributed by atoms with van der Waals surface area (Å²) in [6, 6.07) is 0. The van der Waals surface area contributed by atoms with Crippen LogP contribution in [0.5, 0.6) is 0 Å². The van der Waals surface area contributed by atoms with E-state index in [-0.39, 0.29) is 5.41 Å². The molecular weight excluding hydrogens is 356 g/mol. The van der Waals surface area contributed by atoms with Crippen LogP contribution in [0.15, 0.2) is 12.2 Å². The molecule has 6 atom stereocenters. The highest BCUT2D eigenvalue weighted by molar-refractivity contribution is 5.89. The molecule has 0 aromatic rings. The average molecular weight is 391 g/mol. The maximum Gasteiger partial charge on any atom is 0.328 e. The van der Waals surface area contributed by atoms with Gasteiger partial charge in [-0.25, -0.2) is 9.59 Å². The standard InChI is InChI=1S/C19H30O.C4H4O4/c1-18-11-4-3-5-13(18)6-7-14-15-8-9-17(20)19(15,2)12-10-16(14)18;5-3(6)1-2-4(7)8/h13-16H,3-12H2,1-2H3;1-2H,(H,5,6)(H,7,8)/b;2-1+/t13?,14-,15-,16-,18-,19-;/m0./s1. The van der Waals surface area contributed by atoms with Crippen LogP contribution in [0.2, 0.25) is 0 Å². The van der Waals surface area contributed by atoms with Crippen LogP contribution in [0.1, 0.15) is 78.1 Å². The first kappa shape index (κ1) is 21.1. The number of carbonyl (C=O) groups is 3. The molecule has 4 fully saturated rings. The number of rotatable bonds is 2. The van der Waals surface area contributed by atoms with Gasteiger partial charge < -0.3 is 10.2 Å². The quantitative estimate of drug-likeness (QED) is 0.667. The number of carboxylic acids is 2. The van der Waals surface area contributed by atoms with Crippen LogP contribution >= 0.6 is 0 Å². The minimum absolute atomic E-state index is 0.0685. The first-order valence-electron chi connectivity index (χ1n) is 10.9. The normalized spacial score (nSPS) is 42.0. The van der Waals surface area contributed by atoms with Crippen molar-refractivity contribution in [2.24, 2.45) is 34.5 Å². The summed E-state index contributed by atoms with van der Waals surface area (Å²) in [5.74, 6) is 1.62. The zero-order chi connectivity index (χ0) is 20.5. The summed E-state index contributed by atoms with van der Waals surface area (Å²) in [6.45, 7) is 4.92. The fourth-order valence-corrected chi connectivity index (χ4v) is 7.21. The average Bonchev–Trinajstić information content (AvgIpc) is 2.95. The van der Waals surface area contributed by atoms with Crippen molar-refractivity contribution in [2.45, 2.75) is 78.1 Å². The molecule has 156 valence electrons. The monoisotopic (exact) mass is 390 g/mol. The summed E-state index contributed by atoms with van der Waals surface area (Å²) < 4.78 is 0. The third kappa shape index (κ3) is 3.77. The van der Waals surface area contributed by atoms with Gasteiger partial charge in [-0.2, -0.15) is 0 Å². The summed E-state index contributed by atoms with van der Waals surface area (Å²) in [5.41, 5.74) is 0.688. The molecule has 0 heterocycles. The van der Waals surface area contributed by atoms with E-state index >= 15 is 0 Å². The van der Waals surface area contributed by atoms with E-state index in [1.54, 1.807) is 0 Å². The number of carbonyl (C=O) groups excluding carboxylic acids is 1. The fraction of sp³-hybridized carbons (Fsp3) is 0.783. The van der Waals surface area contributed by atoms with Gasteiger partial charge in [-0.15, -0.1) is 0 Å². The molecule has 5 nitrogen and oxygen atoms in total. The predicted molar refractivity (Wildman–Crippen MR) is 106 cm³/mol. The van der Waals surface area contributed by atoms with Gasteiger partial charge in [0.25, 0.3) is 0 Å². The fourth-order valence-electron chi connectivity index (χ4n) is 7.21. The van der Waals surface area contributed by atoms with Crippen molar-refractivity contribution < 1.29 is 24.6 Å². The zero-order valence-corrected chi connectivity index (χ0v) is 17.2. The third-order valence-corrected chi connectivity index (χ3v) is 8.66. The largest absolute Gasteiger partial charge is 0.478 e. The van der Waals surface area contributed by atoms with Gasteiger partial charge in [0, 0.05) is 24.0 Å². The van der Waals surface area contributed by atoms with Crippen molar-refractivity contribution >= 4 is 17.7 Å². The maximum absolute atomic E-state index is 12.4. The number of hydrogen-bond acceptors (Lipinski definition) is 3. The summed E-state index contributed by atoms with van der Waals surface area (Å²) in [6.07, 6.45) is 14.5. The van der Waals surface area contributed by atoms with Gasteiger partial charge in [-0.1, -0.05) is 26.7 Å². The van der Waals surface area contributed by atoms with Crippen LogP contribution in [0.25, 0.3) is 0 Å². The molecule has 0 aromatic carbocycles. The Labute approximate surface area is 167 Å². The summed E-state index contributed by atoms with van der Waals surface area (Å²) in [4.78, 5) is 31.5. The van der Waals surface area contributed by atoms with Gasteiger partial charge in [-0.05, 0) is 74.0 Å². The number of carboxylic acid groups (broad SMARTS) is 2. The van der Waals surface area contributed by atoms with Crippen LogP contribution < -0.4 is 0 Å². The van der Waals surface area contributed by atoms with E-state index < -0.39 is 11.9 Å². The first-order chi connectivity index (χ1) is 13.2. The lowest BCUT2D eigenvalue weighted by molar-refractivity contribution is -0.138. The number of ketones is 1. The second-order valence-electron chi connectivity index (χ2n) is 9.83. The molecule has 2 N–H and O–H groups in total. The summed E-state index contributed by atoms with van der Waals surface area (Å²) in [7, 11) is 0. The van der Waals surface area contributed by atoms with Crippen molar-refractivity contribution in [1.82, 2.24) is 0 Å². The molecule has 0 saturated heterocycles. The maximum atomic E-state index is 12.4. The Morgan fingerprint density at radius 1 is 0.893 bits per heavy atom. The zero-order valence-electron chi connectivity index (χ0n) is 17.2. The first-order valence-corrected chi connectivity index (χ1v) is 10.9. The number of Topliss-reactive ketones (excluding diaryl/α,β-unsaturated/α-hetero) is 1. The Morgan fingerprint density at radius 3 is 2.21 bits per heavy atom. The van der Waals surface area contributed by atoms with Crippen molar-refractivity contribution in [2.75, 3.05) is 0 Å². The van der Waals surface area contributed by atoms with E-state index in [9.17, 15) is 14.4 Å². The smallest absolute Gasteiger partial charge is 0.328 e. The van der Waals surface area contributed by atoms with E-state index in [0.29, 0.717) is 23.4 Å². The molecule has 4 rings (SSSR count). The highest BCUT2D eigenvalue weighted by atomic mass is 16.4. The molecule has 0 spiro atoms. The summed E-state index contributed by atoms with van der Waals surface area (Å²) in [5, 5.41) is 15.6. The molecule has 4 saturated carbocycles. The second-order valence-corrected chi connectivity index (χ2v) is 9.83. The Kier molecular flexibility index (Phi) is 6.02. The number of fused-ring (bicyclic) bond motifs is 5. The highest BCUT2D eigenvalue weighted by Crippen LogP contribution is 2.65. The molecule has 0 bridgehead atoms. The molecular formula is C23H34O5. The predicted octanol–water partition coefficient (Wildman–Crippen LogP) is 4.70. The van der Waals surface area contributed by atoms with E-state index in [1.807, 2.05) is 0 Å². The Bertz CT molecular complexity index is 652. The number of aliphatic carboxylic acids is 2. The molecule has 1 unspecified atom stereocenters. The van der Waals surface area contributed by atoms with Crippen molar-refractivity contribution in [1.29, 1.82) is 0 Å². The molecule has 0 aromatic heterocycles. The molecule has 4 aliphatic carbocycles. The van der Waals surface area contributed by atoms with Crippen LogP contribution in [0.3, 0.4) is 0 Å². The van der Waals surface area contributed by atoms with Crippen LogP contribution in [-0.2, 0) is 14.4 Å². The summed E-state index contributed by atoms with van der Waals surface area (Å²) >= 11 is 0. The topological polar surface area (TPSA) is 91.7 Å². The van der Waals surface area contributed by atoms with Crippen LogP contribution in [-0.4, -0.2) is 27.9 Å². The van der Waals surface area contributed by atoms with Gasteiger partial charge in [0.05, 0.1) is 0 Å². The van der Waals surface area contributed by atoms with Crippen molar-refractivity contribution in [3.05, 3.63) is 12.2 Å². The molecule has 0 aliphatic heterocycles. The van der Waals surface area contributed by atoms with Crippen molar-refractivity contribution in [3.63, 3.8) is 0 Å².